The molecule has 3 N–H and O–H groups in total. The number of halogens is 2. The van der Waals surface area contributed by atoms with E-state index in [0.29, 0.717) is 15.6 Å². The fraction of sp³-hybridized carbons (Fsp3) is 0.467. The second-order valence-corrected chi connectivity index (χ2v) is 6.80. The number of carbonyl (C=O) groups excluding carboxylic acids is 1. The predicted octanol–water partition coefficient (Wildman–Crippen LogP) is 2.91. The Morgan fingerprint density at radius 2 is 1.91 bits per heavy atom. The second kappa shape index (κ2) is 7.31. The maximum atomic E-state index is 12.0. The number of carboxylic acids is 1. The predicted molar refractivity (Wildman–Crippen MR) is 85.1 cm³/mol. The van der Waals surface area contributed by atoms with Crippen molar-refractivity contribution in [3.63, 3.8) is 0 Å². The van der Waals surface area contributed by atoms with E-state index in [4.69, 9.17) is 33.7 Å². The van der Waals surface area contributed by atoms with Crippen LogP contribution >= 0.6 is 23.2 Å². The zero-order valence-electron chi connectivity index (χ0n) is 12.6. The summed E-state index contributed by atoms with van der Waals surface area (Å²) in [5.74, 6) is -3.66. The molecule has 0 aliphatic carbocycles. The van der Waals surface area contributed by atoms with Gasteiger partial charge in [0.2, 0.25) is 0 Å². The lowest BCUT2D eigenvalue weighted by molar-refractivity contribution is -0.167. The molecule has 0 bridgehead atoms. The van der Waals surface area contributed by atoms with Gasteiger partial charge in [0.15, 0.2) is 5.92 Å². The van der Waals surface area contributed by atoms with Crippen molar-refractivity contribution in [3.8, 4) is 0 Å². The summed E-state index contributed by atoms with van der Waals surface area (Å²) in [6, 6.07) is 3.84. The number of hydrogen-bond acceptors (Lipinski definition) is 4. The maximum absolute atomic E-state index is 12.0. The molecule has 122 valence electrons. The van der Waals surface area contributed by atoms with Crippen LogP contribution in [0.3, 0.4) is 0 Å². The van der Waals surface area contributed by atoms with Gasteiger partial charge >= 0.3 is 11.9 Å². The van der Waals surface area contributed by atoms with Crippen LogP contribution in [0.4, 0.5) is 0 Å². The van der Waals surface area contributed by atoms with Gasteiger partial charge in [-0.25, -0.2) is 0 Å². The Bertz CT molecular complexity index is 569. The van der Waals surface area contributed by atoms with Gasteiger partial charge in [-0.15, -0.1) is 0 Å². The Balaban J connectivity index is 2.92. The Morgan fingerprint density at radius 1 is 1.32 bits per heavy atom. The lowest BCUT2D eigenvalue weighted by Gasteiger charge is -2.25. The highest BCUT2D eigenvalue weighted by molar-refractivity contribution is 6.35. The summed E-state index contributed by atoms with van der Waals surface area (Å²) in [7, 11) is 0. The first-order valence-electron chi connectivity index (χ1n) is 6.66. The zero-order chi connectivity index (χ0) is 17.1. The van der Waals surface area contributed by atoms with E-state index in [2.05, 4.69) is 0 Å². The Hall–Kier alpha value is -1.30. The molecule has 0 spiro atoms. The summed E-state index contributed by atoms with van der Waals surface area (Å²) >= 11 is 11.8. The second-order valence-electron chi connectivity index (χ2n) is 5.95. The van der Waals surface area contributed by atoms with Crippen LogP contribution in [0, 0.1) is 5.92 Å². The average Bonchev–Trinajstić information content (AvgIpc) is 2.29. The molecule has 0 saturated carbocycles. The fourth-order valence-corrected chi connectivity index (χ4v) is 2.37. The van der Waals surface area contributed by atoms with Crippen LogP contribution in [0.2, 0.25) is 10.0 Å². The molecule has 5 nitrogen and oxygen atoms in total. The van der Waals surface area contributed by atoms with Crippen LogP contribution in [-0.2, 0) is 20.7 Å². The lowest BCUT2D eigenvalue weighted by Crippen LogP contribution is -2.45. The molecule has 1 aromatic carbocycles. The number of ether oxygens (including phenoxy) is 1. The molecule has 0 aromatic heterocycles. The van der Waals surface area contributed by atoms with E-state index in [1.54, 1.807) is 32.9 Å². The van der Waals surface area contributed by atoms with E-state index in [9.17, 15) is 14.7 Å². The monoisotopic (exact) mass is 347 g/mol. The summed E-state index contributed by atoms with van der Waals surface area (Å²) in [5.41, 5.74) is 5.73. The minimum Gasteiger partial charge on any atom is -0.481 e. The summed E-state index contributed by atoms with van der Waals surface area (Å²) in [6.07, 6.45) is 0.117. The Labute approximate surface area is 139 Å². The molecule has 0 fully saturated rings. The van der Waals surface area contributed by atoms with Gasteiger partial charge < -0.3 is 15.6 Å². The van der Waals surface area contributed by atoms with E-state index in [1.807, 2.05) is 0 Å². The first-order valence-corrected chi connectivity index (χ1v) is 7.42. The number of esters is 1. The molecule has 1 aromatic rings. The Kier molecular flexibility index (Phi) is 6.23. The molecule has 7 heteroatoms. The third-order valence-electron chi connectivity index (χ3n) is 2.83. The van der Waals surface area contributed by atoms with Crippen LogP contribution in [0.25, 0.3) is 0 Å². The molecule has 0 amide bonds. The van der Waals surface area contributed by atoms with E-state index >= 15 is 0 Å². The van der Waals surface area contributed by atoms with E-state index < -0.39 is 29.5 Å². The molecule has 0 radical (unpaired) electrons. The smallest absolute Gasteiger partial charge is 0.322 e. The fourth-order valence-electron chi connectivity index (χ4n) is 1.88. The summed E-state index contributed by atoms with van der Waals surface area (Å²) in [4.78, 5) is 23.4. The first-order chi connectivity index (χ1) is 10.0. The number of carboxylic acid groups (broad SMARTS) is 1. The minimum atomic E-state index is -1.47. The third kappa shape index (κ3) is 5.48. The van der Waals surface area contributed by atoms with Gasteiger partial charge in [0.05, 0.1) is 0 Å². The number of nitrogens with two attached hydrogens (primary N) is 1. The van der Waals surface area contributed by atoms with Crippen molar-refractivity contribution in [2.75, 3.05) is 0 Å². The number of aliphatic carboxylic acids is 1. The van der Waals surface area contributed by atoms with Crippen molar-refractivity contribution >= 4 is 35.1 Å². The largest absolute Gasteiger partial charge is 0.481 e. The molecule has 0 aliphatic rings. The van der Waals surface area contributed by atoms with Crippen molar-refractivity contribution in [1.29, 1.82) is 0 Å². The van der Waals surface area contributed by atoms with Crippen LogP contribution in [0.5, 0.6) is 0 Å². The third-order valence-corrected chi connectivity index (χ3v) is 3.41. The van der Waals surface area contributed by atoms with Crippen molar-refractivity contribution < 1.29 is 19.4 Å². The van der Waals surface area contributed by atoms with Gasteiger partial charge in [0.25, 0.3) is 0 Å². The van der Waals surface area contributed by atoms with Gasteiger partial charge in [-0.2, -0.15) is 0 Å². The molecule has 0 heterocycles. The highest BCUT2D eigenvalue weighted by Crippen LogP contribution is 2.24. The molecule has 2 unspecified atom stereocenters. The quantitative estimate of drug-likeness (QED) is 0.631. The highest BCUT2D eigenvalue weighted by atomic mass is 35.5. The van der Waals surface area contributed by atoms with Crippen molar-refractivity contribution in [1.82, 2.24) is 0 Å². The van der Waals surface area contributed by atoms with Gasteiger partial charge in [0.1, 0.15) is 5.60 Å². The zero-order valence-corrected chi connectivity index (χ0v) is 14.1. The molecule has 0 aliphatic heterocycles. The molecule has 22 heavy (non-hydrogen) atoms. The number of benzene rings is 1. The van der Waals surface area contributed by atoms with E-state index in [1.165, 1.54) is 6.07 Å². The van der Waals surface area contributed by atoms with Crippen molar-refractivity contribution in [2.24, 2.45) is 11.7 Å². The normalized spacial score (nSPS) is 14.3. The standard InChI is InChI=1S/C15H19Cl2NO4/c1-15(2,3)22-14(21)12(13(19)20)11(18)6-8-4-5-9(16)7-10(8)17/h4-5,7,11-12H,6,18H2,1-3H3,(H,19,20). The van der Waals surface area contributed by atoms with Gasteiger partial charge in [-0.1, -0.05) is 29.3 Å². The topological polar surface area (TPSA) is 89.6 Å². The summed E-state index contributed by atoms with van der Waals surface area (Å²) in [6.45, 7) is 4.97. The maximum Gasteiger partial charge on any atom is 0.322 e. The van der Waals surface area contributed by atoms with Gasteiger partial charge in [0, 0.05) is 16.1 Å². The van der Waals surface area contributed by atoms with E-state index in [0.717, 1.165) is 0 Å². The van der Waals surface area contributed by atoms with Gasteiger partial charge in [-0.3, -0.25) is 9.59 Å². The molecule has 2 atom stereocenters. The highest BCUT2D eigenvalue weighted by Gasteiger charge is 2.36. The molecular formula is C15H19Cl2NO4. The molecular weight excluding hydrogens is 329 g/mol. The number of rotatable bonds is 5. The van der Waals surface area contributed by atoms with Gasteiger partial charge in [-0.05, 0) is 44.9 Å². The van der Waals surface area contributed by atoms with Crippen molar-refractivity contribution in [2.45, 2.75) is 38.8 Å². The SMILES string of the molecule is CC(C)(C)OC(=O)C(C(=O)O)C(N)Cc1ccc(Cl)cc1Cl. The lowest BCUT2D eigenvalue weighted by atomic mass is 9.94. The minimum absolute atomic E-state index is 0.117. The summed E-state index contributed by atoms with van der Waals surface area (Å²) in [5, 5.41) is 10.1. The summed E-state index contributed by atoms with van der Waals surface area (Å²) < 4.78 is 5.12. The van der Waals surface area contributed by atoms with E-state index in [-0.39, 0.29) is 6.42 Å². The van der Waals surface area contributed by atoms with Crippen LogP contribution in [-0.4, -0.2) is 28.7 Å². The average molecular weight is 348 g/mol. The number of hydrogen-bond donors (Lipinski definition) is 2. The van der Waals surface area contributed by atoms with Crippen molar-refractivity contribution in [3.05, 3.63) is 33.8 Å². The molecule has 1 rings (SSSR count). The first kappa shape index (κ1) is 18.7. The Morgan fingerprint density at radius 3 is 2.36 bits per heavy atom. The van der Waals surface area contributed by atoms with Crippen LogP contribution in [0.15, 0.2) is 18.2 Å². The van der Waals surface area contributed by atoms with Crippen LogP contribution in [0.1, 0.15) is 26.3 Å². The van der Waals surface area contributed by atoms with Crippen LogP contribution < -0.4 is 5.73 Å². The number of carbonyl (C=O) groups is 2. The molecule has 0 saturated heterocycles.